The average molecular weight is 415 g/mol. The van der Waals surface area contributed by atoms with Crippen LogP contribution in [-0.2, 0) is 16.8 Å². The van der Waals surface area contributed by atoms with Crippen LogP contribution in [0, 0.1) is 29.0 Å². The Morgan fingerprint density at radius 1 is 1.07 bits per heavy atom. The summed E-state index contributed by atoms with van der Waals surface area (Å²) in [4.78, 5) is 0. The van der Waals surface area contributed by atoms with Gasteiger partial charge in [-0.2, -0.15) is 17.0 Å². The minimum atomic E-state index is -3.67. The second-order valence-electron chi connectivity index (χ2n) is 9.14. The highest BCUT2D eigenvalue weighted by atomic mass is 35.5. The molecule has 0 saturated heterocycles. The molecule has 0 atom stereocenters. The smallest absolute Gasteiger partial charge is 0.207 e. The van der Waals surface area contributed by atoms with Gasteiger partial charge in [-0.1, -0.05) is 17.7 Å². The molecule has 4 aliphatic carbocycles. The van der Waals surface area contributed by atoms with E-state index >= 15 is 0 Å². The number of halogens is 2. The molecular weight excluding hydrogens is 387 g/mol. The van der Waals surface area contributed by atoms with Crippen LogP contribution in [0.3, 0.4) is 0 Å². The van der Waals surface area contributed by atoms with Crippen LogP contribution < -0.4 is 0 Å². The summed E-state index contributed by atoms with van der Waals surface area (Å²) >= 11 is 6.07. The maximum Gasteiger partial charge on any atom is 0.281 e. The van der Waals surface area contributed by atoms with E-state index in [0.717, 1.165) is 37.0 Å². The predicted octanol–water partition coefficient (Wildman–Crippen LogP) is 4.30. The Kier molecular flexibility index (Phi) is 5.07. The first kappa shape index (κ1) is 19.6. The van der Waals surface area contributed by atoms with Crippen LogP contribution in [-0.4, -0.2) is 37.7 Å². The second-order valence-corrected chi connectivity index (χ2v) is 11.7. The van der Waals surface area contributed by atoms with Crippen molar-refractivity contribution in [2.45, 2.75) is 45.1 Å². The summed E-state index contributed by atoms with van der Waals surface area (Å²) in [6.07, 6.45) is 7.47. The van der Waals surface area contributed by atoms with Crippen LogP contribution in [0.1, 0.15) is 44.1 Å². The molecule has 4 fully saturated rings. The third-order valence-electron chi connectivity index (χ3n) is 6.95. The summed E-state index contributed by atoms with van der Waals surface area (Å²) in [6, 6.07) is 4.41. The molecule has 7 heteroatoms. The van der Waals surface area contributed by atoms with E-state index in [-0.39, 0.29) is 22.5 Å². The van der Waals surface area contributed by atoms with Crippen molar-refractivity contribution in [3.8, 4) is 0 Å². The molecule has 4 saturated carbocycles. The molecule has 0 aromatic heterocycles. The highest BCUT2D eigenvalue weighted by Crippen LogP contribution is 2.60. The van der Waals surface area contributed by atoms with Crippen LogP contribution in [0.25, 0.3) is 0 Å². The lowest BCUT2D eigenvalue weighted by molar-refractivity contribution is -0.0587. The normalized spacial score (nSPS) is 32.6. The highest BCUT2D eigenvalue weighted by Gasteiger charge is 2.51. The summed E-state index contributed by atoms with van der Waals surface area (Å²) in [5.74, 6) is 1.86. The van der Waals surface area contributed by atoms with Gasteiger partial charge < -0.3 is 0 Å². The van der Waals surface area contributed by atoms with Crippen molar-refractivity contribution in [3.05, 3.63) is 34.6 Å². The van der Waals surface area contributed by atoms with Gasteiger partial charge >= 0.3 is 0 Å². The Morgan fingerprint density at radius 3 is 2.15 bits per heavy atom. The molecule has 0 radical (unpaired) electrons. The fourth-order valence-electron chi connectivity index (χ4n) is 6.26. The quantitative estimate of drug-likeness (QED) is 0.696. The summed E-state index contributed by atoms with van der Waals surface area (Å²) in [6.45, 7) is 0.493. The minimum Gasteiger partial charge on any atom is -0.207 e. The first-order valence-corrected chi connectivity index (χ1v) is 11.6. The zero-order chi connectivity index (χ0) is 19.4. The monoisotopic (exact) mass is 414 g/mol. The van der Waals surface area contributed by atoms with Crippen LogP contribution in [0.15, 0.2) is 18.2 Å². The summed E-state index contributed by atoms with van der Waals surface area (Å²) < 4.78 is 42.9. The SMILES string of the molecule is CN(Cc1c(F)cccc1Cl)S(=O)(=O)N(C)CC12CC3CC(CC(C3)C1)C2. The van der Waals surface area contributed by atoms with E-state index in [4.69, 9.17) is 11.6 Å². The van der Waals surface area contributed by atoms with Gasteiger partial charge in [-0.15, -0.1) is 0 Å². The molecule has 0 heterocycles. The lowest BCUT2D eigenvalue weighted by Gasteiger charge is -2.57. The van der Waals surface area contributed by atoms with Gasteiger partial charge in [-0.05, 0) is 73.8 Å². The molecule has 1 aromatic rings. The Hall–Kier alpha value is -0.690. The third kappa shape index (κ3) is 3.66. The van der Waals surface area contributed by atoms with Gasteiger partial charge in [0, 0.05) is 37.8 Å². The fourth-order valence-corrected chi connectivity index (χ4v) is 7.69. The van der Waals surface area contributed by atoms with Crippen molar-refractivity contribution in [2.75, 3.05) is 20.6 Å². The van der Waals surface area contributed by atoms with Crippen molar-refractivity contribution in [2.24, 2.45) is 23.2 Å². The Labute approximate surface area is 166 Å². The van der Waals surface area contributed by atoms with Gasteiger partial charge in [-0.3, -0.25) is 0 Å². The van der Waals surface area contributed by atoms with Crippen molar-refractivity contribution in [1.29, 1.82) is 0 Å². The zero-order valence-electron chi connectivity index (χ0n) is 16.0. The molecule has 0 spiro atoms. The third-order valence-corrected chi connectivity index (χ3v) is 9.14. The standard InChI is InChI=1S/C20H28ClFN2O2S/c1-23(12-17-18(21)4-3-5-19(17)22)27(25,26)24(2)13-20-9-14-6-15(10-20)8-16(7-14)11-20/h3-5,14-16H,6-13H2,1-2H3. The lowest BCUT2D eigenvalue weighted by Crippen LogP contribution is -2.52. The Morgan fingerprint density at radius 2 is 1.63 bits per heavy atom. The maximum atomic E-state index is 14.1. The largest absolute Gasteiger partial charge is 0.281 e. The zero-order valence-corrected chi connectivity index (χ0v) is 17.6. The van der Waals surface area contributed by atoms with E-state index in [1.807, 2.05) is 0 Å². The first-order chi connectivity index (χ1) is 12.7. The van der Waals surface area contributed by atoms with Gasteiger partial charge in [0.2, 0.25) is 0 Å². The summed E-state index contributed by atoms with van der Waals surface area (Å²) in [5, 5.41) is 0.251. The molecule has 27 heavy (non-hydrogen) atoms. The molecule has 5 rings (SSSR count). The predicted molar refractivity (Wildman–Crippen MR) is 105 cm³/mol. The van der Waals surface area contributed by atoms with E-state index in [9.17, 15) is 12.8 Å². The van der Waals surface area contributed by atoms with E-state index in [1.165, 1.54) is 47.1 Å². The van der Waals surface area contributed by atoms with Crippen molar-refractivity contribution >= 4 is 21.8 Å². The van der Waals surface area contributed by atoms with Crippen LogP contribution >= 0.6 is 11.6 Å². The fraction of sp³-hybridized carbons (Fsp3) is 0.700. The Balaban J connectivity index is 1.48. The first-order valence-electron chi connectivity index (χ1n) is 9.79. The minimum absolute atomic E-state index is 0.0704. The van der Waals surface area contributed by atoms with E-state index < -0.39 is 16.0 Å². The molecule has 4 aliphatic rings. The molecular formula is C20H28ClFN2O2S. The van der Waals surface area contributed by atoms with Crippen molar-refractivity contribution in [3.63, 3.8) is 0 Å². The molecule has 0 unspecified atom stereocenters. The van der Waals surface area contributed by atoms with Crippen LogP contribution in [0.5, 0.6) is 0 Å². The van der Waals surface area contributed by atoms with Gasteiger partial charge in [0.15, 0.2) is 0 Å². The topological polar surface area (TPSA) is 40.6 Å². The number of rotatable bonds is 6. The van der Waals surface area contributed by atoms with Gasteiger partial charge in [0.1, 0.15) is 5.82 Å². The molecule has 4 nitrogen and oxygen atoms in total. The lowest BCUT2D eigenvalue weighted by atomic mass is 9.49. The number of benzene rings is 1. The second kappa shape index (κ2) is 6.97. The number of hydrogen-bond acceptors (Lipinski definition) is 2. The van der Waals surface area contributed by atoms with Gasteiger partial charge in [0.05, 0.1) is 0 Å². The maximum absolute atomic E-state index is 14.1. The van der Waals surface area contributed by atoms with Crippen LogP contribution in [0.4, 0.5) is 4.39 Å². The van der Waals surface area contributed by atoms with Gasteiger partial charge in [0.25, 0.3) is 10.2 Å². The summed E-state index contributed by atoms with van der Waals surface area (Å²) in [5.41, 5.74) is 0.348. The van der Waals surface area contributed by atoms with Crippen LogP contribution in [0.2, 0.25) is 5.02 Å². The van der Waals surface area contributed by atoms with E-state index in [1.54, 1.807) is 13.1 Å². The highest BCUT2D eigenvalue weighted by molar-refractivity contribution is 7.86. The summed E-state index contributed by atoms with van der Waals surface area (Å²) in [7, 11) is -0.519. The van der Waals surface area contributed by atoms with E-state index in [0.29, 0.717) is 6.54 Å². The van der Waals surface area contributed by atoms with Crippen molar-refractivity contribution in [1.82, 2.24) is 8.61 Å². The molecule has 0 N–H and O–H groups in total. The molecule has 0 amide bonds. The van der Waals surface area contributed by atoms with Crippen molar-refractivity contribution < 1.29 is 12.8 Å². The number of hydrogen-bond donors (Lipinski definition) is 0. The Bertz CT molecular complexity index is 774. The molecule has 0 aliphatic heterocycles. The number of nitrogens with zero attached hydrogens (tertiary/aromatic N) is 2. The molecule has 1 aromatic carbocycles. The molecule has 150 valence electrons. The van der Waals surface area contributed by atoms with Gasteiger partial charge in [-0.25, -0.2) is 4.39 Å². The average Bonchev–Trinajstić information content (AvgIpc) is 2.56. The molecule has 4 bridgehead atoms. The van der Waals surface area contributed by atoms with E-state index in [2.05, 4.69) is 0 Å².